The number of nitrogens with one attached hydrogen (secondary N) is 1. The summed E-state index contributed by atoms with van der Waals surface area (Å²) in [4.78, 5) is 13.7. The van der Waals surface area contributed by atoms with E-state index in [2.05, 4.69) is 4.98 Å². The topological polar surface area (TPSA) is 81.2 Å². The van der Waals surface area contributed by atoms with Crippen molar-refractivity contribution < 1.29 is 13.5 Å². The van der Waals surface area contributed by atoms with Gasteiger partial charge < -0.3 is 14.9 Å². The Balaban J connectivity index is 2.11. The maximum absolute atomic E-state index is 14.1. The van der Waals surface area contributed by atoms with E-state index in [9.17, 15) is 9.18 Å². The summed E-state index contributed by atoms with van der Waals surface area (Å²) in [6, 6.07) is 8.79. The standard InChI is InChI=1S/C15H13FN2O3/c1-20-11-4-2-3-9(16)13(11)14(17)8-5-6-10-12(7-8)21-15(19)18-10/h2-7,14H,17H2,1H3,(H,18,19). The van der Waals surface area contributed by atoms with Crippen LogP contribution in [0.15, 0.2) is 45.6 Å². The first-order chi connectivity index (χ1) is 10.1. The summed E-state index contributed by atoms with van der Waals surface area (Å²) in [7, 11) is 1.46. The molecule has 0 aliphatic rings. The molecule has 1 atom stereocenters. The normalized spacial score (nSPS) is 12.5. The number of ether oxygens (including phenoxy) is 1. The minimum atomic E-state index is -0.731. The molecule has 3 N–H and O–H groups in total. The molecule has 21 heavy (non-hydrogen) atoms. The smallest absolute Gasteiger partial charge is 0.417 e. The number of hydrogen-bond acceptors (Lipinski definition) is 4. The molecular weight excluding hydrogens is 275 g/mol. The number of fused-ring (bicyclic) bond motifs is 1. The van der Waals surface area contributed by atoms with Crippen molar-refractivity contribution in [2.45, 2.75) is 6.04 Å². The average Bonchev–Trinajstić information content (AvgIpc) is 2.85. The molecule has 0 fully saturated rings. The van der Waals surface area contributed by atoms with E-state index in [1.54, 1.807) is 30.3 Å². The van der Waals surface area contributed by atoms with Crippen molar-refractivity contribution in [1.29, 1.82) is 0 Å². The molecule has 1 unspecified atom stereocenters. The van der Waals surface area contributed by atoms with E-state index in [1.165, 1.54) is 13.2 Å². The fourth-order valence-electron chi connectivity index (χ4n) is 2.32. The Morgan fingerprint density at radius 3 is 2.90 bits per heavy atom. The van der Waals surface area contributed by atoms with E-state index >= 15 is 0 Å². The highest BCUT2D eigenvalue weighted by molar-refractivity contribution is 5.73. The lowest BCUT2D eigenvalue weighted by Gasteiger charge is -2.16. The Labute approximate surface area is 119 Å². The predicted molar refractivity (Wildman–Crippen MR) is 75.8 cm³/mol. The van der Waals surface area contributed by atoms with Gasteiger partial charge in [0.25, 0.3) is 0 Å². The number of hydrogen-bond donors (Lipinski definition) is 2. The zero-order valence-corrected chi connectivity index (χ0v) is 11.2. The van der Waals surface area contributed by atoms with Crippen LogP contribution >= 0.6 is 0 Å². The second-order valence-electron chi connectivity index (χ2n) is 4.60. The van der Waals surface area contributed by atoms with Crippen LogP contribution in [0.4, 0.5) is 4.39 Å². The molecule has 3 rings (SSSR count). The number of halogens is 1. The van der Waals surface area contributed by atoms with Crippen LogP contribution < -0.4 is 16.2 Å². The highest BCUT2D eigenvalue weighted by Gasteiger charge is 2.19. The molecule has 6 heteroatoms. The number of benzene rings is 2. The van der Waals surface area contributed by atoms with E-state index in [4.69, 9.17) is 14.9 Å². The second-order valence-corrected chi connectivity index (χ2v) is 4.60. The molecular formula is C15H13FN2O3. The molecule has 0 saturated heterocycles. The first-order valence-electron chi connectivity index (χ1n) is 6.31. The molecule has 0 bridgehead atoms. The van der Waals surface area contributed by atoms with Crippen LogP contribution in [0.1, 0.15) is 17.2 Å². The highest BCUT2D eigenvalue weighted by atomic mass is 19.1. The molecule has 0 saturated carbocycles. The SMILES string of the molecule is COc1cccc(F)c1C(N)c1ccc2[nH]c(=O)oc2c1. The van der Waals surface area contributed by atoms with Gasteiger partial charge >= 0.3 is 5.76 Å². The minimum absolute atomic E-state index is 0.261. The fourth-order valence-corrected chi connectivity index (χ4v) is 2.32. The van der Waals surface area contributed by atoms with Gasteiger partial charge in [0, 0.05) is 0 Å². The number of rotatable bonds is 3. The van der Waals surface area contributed by atoms with Gasteiger partial charge in [-0.25, -0.2) is 9.18 Å². The van der Waals surface area contributed by atoms with Gasteiger partial charge in [0.2, 0.25) is 0 Å². The van der Waals surface area contributed by atoms with Crippen molar-refractivity contribution in [1.82, 2.24) is 4.98 Å². The van der Waals surface area contributed by atoms with Gasteiger partial charge in [-0.2, -0.15) is 0 Å². The van der Waals surface area contributed by atoms with E-state index in [-0.39, 0.29) is 5.56 Å². The number of H-pyrrole nitrogens is 1. The minimum Gasteiger partial charge on any atom is -0.496 e. The molecule has 0 aliphatic heterocycles. The lowest BCUT2D eigenvalue weighted by atomic mass is 9.98. The molecule has 108 valence electrons. The van der Waals surface area contributed by atoms with Gasteiger partial charge in [-0.3, -0.25) is 4.98 Å². The maximum atomic E-state index is 14.1. The van der Waals surface area contributed by atoms with E-state index in [0.29, 0.717) is 22.4 Å². The second kappa shape index (κ2) is 5.06. The Morgan fingerprint density at radius 1 is 1.33 bits per heavy atom. The zero-order valence-electron chi connectivity index (χ0n) is 11.2. The summed E-state index contributed by atoms with van der Waals surface area (Å²) >= 11 is 0. The molecule has 0 aliphatic carbocycles. The van der Waals surface area contributed by atoms with Crippen molar-refractivity contribution in [2.24, 2.45) is 5.73 Å². The predicted octanol–water partition coefficient (Wildman–Crippen LogP) is 2.32. The molecule has 2 aromatic carbocycles. The number of aromatic nitrogens is 1. The Kier molecular flexibility index (Phi) is 3.23. The third kappa shape index (κ3) is 2.30. The van der Waals surface area contributed by atoms with E-state index in [1.807, 2.05) is 0 Å². The van der Waals surface area contributed by atoms with Gasteiger partial charge in [0.15, 0.2) is 5.58 Å². The van der Waals surface area contributed by atoms with Crippen molar-refractivity contribution in [3.05, 3.63) is 63.9 Å². The Morgan fingerprint density at radius 2 is 2.14 bits per heavy atom. The Hall–Kier alpha value is -2.60. The largest absolute Gasteiger partial charge is 0.496 e. The van der Waals surface area contributed by atoms with Gasteiger partial charge in [-0.15, -0.1) is 0 Å². The summed E-state index contributed by atoms with van der Waals surface area (Å²) in [5.74, 6) is -0.616. The van der Waals surface area contributed by atoms with Gasteiger partial charge in [-0.05, 0) is 29.8 Å². The quantitative estimate of drug-likeness (QED) is 0.775. The van der Waals surface area contributed by atoms with Crippen molar-refractivity contribution in [3.8, 4) is 5.75 Å². The third-order valence-electron chi connectivity index (χ3n) is 3.35. The monoisotopic (exact) mass is 288 g/mol. The van der Waals surface area contributed by atoms with Gasteiger partial charge in [0.05, 0.1) is 24.2 Å². The van der Waals surface area contributed by atoms with Crippen LogP contribution in [-0.4, -0.2) is 12.1 Å². The Bertz CT molecular complexity index is 853. The molecule has 0 spiro atoms. The maximum Gasteiger partial charge on any atom is 0.417 e. The zero-order chi connectivity index (χ0) is 15.0. The summed E-state index contributed by atoms with van der Waals surface area (Å²) < 4.78 is 24.2. The summed E-state index contributed by atoms with van der Waals surface area (Å²) in [5.41, 5.74) is 7.97. The van der Waals surface area contributed by atoms with Crippen LogP contribution in [-0.2, 0) is 0 Å². The highest BCUT2D eigenvalue weighted by Crippen LogP contribution is 2.31. The van der Waals surface area contributed by atoms with Gasteiger partial charge in [-0.1, -0.05) is 12.1 Å². The van der Waals surface area contributed by atoms with Gasteiger partial charge in [0.1, 0.15) is 11.6 Å². The molecule has 1 heterocycles. The lowest BCUT2D eigenvalue weighted by molar-refractivity contribution is 0.402. The van der Waals surface area contributed by atoms with E-state index in [0.717, 1.165) is 0 Å². The summed E-state index contributed by atoms with van der Waals surface area (Å²) in [6.45, 7) is 0. The van der Waals surface area contributed by atoms with Crippen LogP contribution in [0.5, 0.6) is 5.75 Å². The number of oxazole rings is 1. The first-order valence-corrected chi connectivity index (χ1v) is 6.31. The average molecular weight is 288 g/mol. The molecule has 1 aromatic heterocycles. The van der Waals surface area contributed by atoms with Crippen LogP contribution in [0.3, 0.4) is 0 Å². The van der Waals surface area contributed by atoms with Crippen molar-refractivity contribution in [2.75, 3.05) is 7.11 Å². The number of nitrogens with two attached hydrogens (primary N) is 1. The fraction of sp³-hybridized carbons (Fsp3) is 0.133. The van der Waals surface area contributed by atoms with Crippen molar-refractivity contribution >= 4 is 11.1 Å². The number of aromatic amines is 1. The van der Waals surface area contributed by atoms with E-state index < -0.39 is 17.6 Å². The molecule has 3 aromatic rings. The molecule has 5 nitrogen and oxygen atoms in total. The summed E-state index contributed by atoms with van der Waals surface area (Å²) in [6.07, 6.45) is 0. The third-order valence-corrected chi connectivity index (χ3v) is 3.35. The summed E-state index contributed by atoms with van der Waals surface area (Å²) in [5, 5.41) is 0. The van der Waals surface area contributed by atoms with Crippen molar-refractivity contribution in [3.63, 3.8) is 0 Å². The van der Waals surface area contributed by atoms with Crippen LogP contribution in [0.25, 0.3) is 11.1 Å². The lowest BCUT2D eigenvalue weighted by Crippen LogP contribution is -2.15. The molecule has 0 amide bonds. The van der Waals surface area contributed by atoms with Crippen LogP contribution in [0.2, 0.25) is 0 Å². The number of methoxy groups -OCH3 is 1. The first kappa shape index (κ1) is 13.4. The van der Waals surface area contributed by atoms with Crippen LogP contribution in [0, 0.1) is 5.82 Å². The molecule has 0 radical (unpaired) electrons.